The summed E-state index contributed by atoms with van der Waals surface area (Å²) >= 11 is 6.29. The fourth-order valence-electron chi connectivity index (χ4n) is 3.13. The summed E-state index contributed by atoms with van der Waals surface area (Å²) < 4.78 is 15.7. The van der Waals surface area contributed by atoms with Gasteiger partial charge in [-0.25, -0.2) is 14.4 Å². The van der Waals surface area contributed by atoms with Gasteiger partial charge in [-0.05, 0) is 36.5 Å². The Morgan fingerprint density at radius 3 is 2.82 bits per heavy atom. The number of aromatic nitrogens is 3. The first kappa shape index (κ1) is 13.7. The maximum atomic E-state index is 13.6. The zero-order valence-electron chi connectivity index (χ0n) is 11.8. The average Bonchev–Trinajstić information content (AvgIpc) is 2.85. The molecule has 0 unspecified atom stereocenters. The minimum atomic E-state index is -0.271. The first-order valence-corrected chi connectivity index (χ1v) is 7.61. The highest BCUT2D eigenvalue weighted by molar-refractivity contribution is 6.35. The van der Waals surface area contributed by atoms with Crippen LogP contribution in [0, 0.1) is 18.7 Å². The summed E-state index contributed by atoms with van der Waals surface area (Å²) in [6, 6.07) is 6.88. The average molecular weight is 315 g/mol. The quantitative estimate of drug-likeness (QED) is 0.643. The summed E-state index contributed by atoms with van der Waals surface area (Å²) in [4.78, 5) is 8.47. The summed E-state index contributed by atoms with van der Waals surface area (Å²) in [6.07, 6.45) is 5.52. The minimum Gasteiger partial charge on any atom is -0.329 e. The van der Waals surface area contributed by atoms with Gasteiger partial charge >= 0.3 is 0 Å². The zero-order valence-corrected chi connectivity index (χ0v) is 12.6. The van der Waals surface area contributed by atoms with Crippen molar-refractivity contribution in [2.75, 3.05) is 0 Å². The van der Waals surface area contributed by atoms with Crippen LogP contribution in [0.4, 0.5) is 4.39 Å². The summed E-state index contributed by atoms with van der Waals surface area (Å²) in [5.74, 6) is 0.213. The molecule has 3 nitrogen and oxygen atoms in total. The predicted octanol–water partition coefficient (Wildman–Crippen LogP) is 4.68. The van der Waals surface area contributed by atoms with Crippen LogP contribution in [0.15, 0.2) is 36.8 Å². The first-order valence-electron chi connectivity index (χ1n) is 7.23. The van der Waals surface area contributed by atoms with E-state index >= 15 is 0 Å². The van der Waals surface area contributed by atoms with E-state index in [1.165, 1.54) is 18.5 Å². The molecule has 2 aromatic heterocycles. The van der Waals surface area contributed by atoms with E-state index < -0.39 is 0 Å². The van der Waals surface area contributed by atoms with Gasteiger partial charge in [-0.15, -0.1) is 0 Å². The fraction of sp³-hybridized carbons (Fsp3) is 0.235. The second-order valence-corrected chi connectivity index (χ2v) is 6.17. The Labute approximate surface area is 132 Å². The van der Waals surface area contributed by atoms with Gasteiger partial charge in [0, 0.05) is 17.8 Å². The first-order chi connectivity index (χ1) is 10.6. The standard InChI is InChI=1S/C17H14ClFN3/c1-10-5-13(6-10)22-8-14(11-3-2-4-12(19)7-11)15-16(18)20-9-21-17(15)22/h2-4,7-10,13H,1,5-6H2. The molecule has 1 saturated carbocycles. The highest BCUT2D eigenvalue weighted by atomic mass is 35.5. The molecule has 0 saturated heterocycles. The van der Waals surface area contributed by atoms with Gasteiger partial charge in [-0.3, -0.25) is 0 Å². The molecule has 0 spiro atoms. The molecule has 0 bridgehead atoms. The van der Waals surface area contributed by atoms with Gasteiger partial charge in [0.2, 0.25) is 0 Å². The molecule has 1 aliphatic carbocycles. The normalized spacial score (nSPS) is 21.0. The number of nitrogens with zero attached hydrogens (tertiary/aromatic N) is 3. The van der Waals surface area contributed by atoms with Crippen LogP contribution in [0.3, 0.4) is 0 Å². The van der Waals surface area contributed by atoms with Crippen LogP contribution in [0.1, 0.15) is 18.9 Å². The molecule has 3 aromatic rings. The Morgan fingerprint density at radius 1 is 1.27 bits per heavy atom. The number of halogens is 2. The fourth-order valence-corrected chi connectivity index (χ4v) is 3.36. The molecule has 0 amide bonds. The molecule has 1 aliphatic rings. The molecular formula is C17H14ClFN3. The van der Waals surface area contributed by atoms with Crippen molar-refractivity contribution in [3.8, 4) is 11.1 Å². The lowest BCUT2D eigenvalue weighted by Crippen LogP contribution is -2.24. The van der Waals surface area contributed by atoms with E-state index in [9.17, 15) is 4.39 Å². The number of hydrogen-bond donors (Lipinski definition) is 0. The van der Waals surface area contributed by atoms with E-state index in [0.717, 1.165) is 35.0 Å². The van der Waals surface area contributed by atoms with Gasteiger partial charge in [0.25, 0.3) is 0 Å². The third kappa shape index (κ3) is 2.10. The monoisotopic (exact) mass is 314 g/mol. The van der Waals surface area contributed by atoms with Gasteiger partial charge in [0.05, 0.1) is 5.39 Å². The number of fused-ring (bicyclic) bond motifs is 1. The molecule has 111 valence electrons. The van der Waals surface area contributed by atoms with E-state index in [2.05, 4.69) is 21.5 Å². The molecule has 1 fully saturated rings. The number of benzene rings is 1. The van der Waals surface area contributed by atoms with Gasteiger partial charge in [-0.2, -0.15) is 0 Å². The smallest absolute Gasteiger partial charge is 0.145 e. The number of rotatable bonds is 2. The van der Waals surface area contributed by atoms with Crippen molar-refractivity contribution in [3.63, 3.8) is 0 Å². The van der Waals surface area contributed by atoms with Crippen LogP contribution < -0.4 is 0 Å². The summed E-state index contributed by atoms with van der Waals surface area (Å²) in [5.41, 5.74) is 2.45. The van der Waals surface area contributed by atoms with Gasteiger partial charge < -0.3 is 4.57 Å². The Hall–Kier alpha value is -1.94. The largest absolute Gasteiger partial charge is 0.329 e. The Bertz CT molecular complexity index is 852. The van der Waals surface area contributed by atoms with Crippen molar-refractivity contribution in [3.05, 3.63) is 54.7 Å². The summed E-state index contributed by atoms with van der Waals surface area (Å²) in [6.45, 7) is 4.07. The van der Waals surface area contributed by atoms with Crippen molar-refractivity contribution in [2.24, 2.45) is 5.92 Å². The lowest BCUT2D eigenvalue weighted by molar-refractivity contribution is 0.245. The van der Waals surface area contributed by atoms with Crippen LogP contribution in [0.2, 0.25) is 5.15 Å². The lowest BCUT2D eigenvalue weighted by atomic mass is 9.82. The molecule has 22 heavy (non-hydrogen) atoms. The van der Waals surface area contributed by atoms with E-state index in [0.29, 0.717) is 17.1 Å². The van der Waals surface area contributed by atoms with E-state index in [-0.39, 0.29) is 5.82 Å². The SMILES string of the molecule is [CH2]C1CC(n2cc(-c3cccc(F)c3)c3c(Cl)ncnc32)C1. The topological polar surface area (TPSA) is 30.7 Å². The molecule has 2 heterocycles. The lowest BCUT2D eigenvalue weighted by Gasteiger charge is -2.34. The second-order valence-electron chi connectivity index (χ2n) is 5.81. The van der Waals surface area contributed by atoms with Crippen molar-refractivity contribution in [2.45, 2.75) is 18.9 Å². The second kappa shape index (κ2) is 5.06. The molecule has 0 N–H and O–H groups in total. The predicted molar refractivity (Wildman–Crippen MR) is 85.1 cm³/mol. The van der Waals surface area contributed by atoms with E-state index in [1.807, 2.05) is 12.3 Å². The van der Waals surface area contributed by atoms with Crippen LogP contribution in [0.5, 0.6) is 0 Å². The molecule has 1 radical (unpaired) electrons. The maximum Gasteiger partial charge on any atom is 0.145 e. The number of hydrogen-bond acceptors (Lipinski definition) is 2. The van der Waals surface area contributed by atoms with Gasteiger partial charge in [0.1, 0.15) is 22.9 Å². The van der Waals surface area contributed by atoms with Crippen LogP contribution >= 0.6 is 11.6 Å². The molecular weight excluding hydrogens is 301 g/mol. The molecule has 4 rings (SSSR count). The summed E-state index contributed by atoms with van der Waals surface area (Å²) in [5, 5.41) is 1.18. The highest BCUT2D eigenvalue weighted by Gasteiger charge is 2.29. The highest BCUT2D eigenvalue weighted by Crippen LogP contribution is 2.42. The Balaban J connectivity index is 1.95. The van der Waals surface area contributed by atoms with Crippen molar-refractivity contribution >= 4 is 22.6 Å². The summed E-state index contributed by atoms with van der Waals surface area (Å²) in [7, 11) is 0. The minimum absolute atomic E-state index is 0.271. The third-order valence-corrected chi connectivity index (χ3v) is 4.59. The van der Waals surface area contributed by atoms with Crippen molar-refractivity contribution < 1.29 is 4.39 Å². The van der Waals surface area contributed by atoms with E-state index in [4.69, 9.17) is 11.6 Å². The molecule has 5 heteroatoms. The van der Waals surface area contributed by atoms with Crippen molar-refractivity contribution in [1.29, 1.82) is 0 Å². The third-order valence-electron chi connectivity index (χ3n) is 4.30. The maximum absolute atomic E-state index is 13.6. The zero-order chi connectivity index (χ0) is 15.3. The molecule has 0 atom stereocenters. The van der Waals surface area contributed by atoms with Crippen LogP contribution in [0.25, 0.3) is 22.2 Å². The molecule has 1 aromatic carbocycles. The van der Waals surface area contributed by atoms with Gasteiger partial charge in [0.15, 0.2) is 0 Å². The Morgan fingerprint density at radius 2 is 2.09 bits per heavy atom. The van der Waals surface area contributed by atoms with Crippen molar-refractivity contribution in [1.82, 2.24) is 14.5 Å². The van der Waals surface area contributed by atoms with Crippen LogP contribution in [-0.4, -0.2) is 14.5 Å². The Kier molecular flexibility index (Phi) is 3.15. The molecule has 0 aliphatic heterocycles. The van der Waals surface area contributed by atoms with Crippen LogP contribution in [-0.2, 0) is 0 Å². The van der Waals surface area contributed by atoms with E-state index in [1.54, 1.807) is 6.07 Å². The van der Waals surface area contributed by atoms with Gasteiger partial charge in [-0.1, -0.05) is 30.7 Å².